The molecule has 20 heteroatoms. The second-order valence-corrected chi connectivity index (χ2v) is 23.8. The fraction of sp³-hybridized carbons (Fsp3) is 0.860. The molecule has 3 N–H and O–H groups in total. The van der Waals surface area contributed by atoms with Crippen LogP contribution in [0.5, 0.6) is 0 Å². The van der Waals surface area contributed by atoms with Gasteiger partial charge in [-0.25, -0.2) is 4.79 Å². The Labute approximate surface area is 417 Å². The molecular weight excluding hydrogens is 945 g/mol. The van der Waals surface area contributed by atoms with Crippen LogP contribution in [0.2, 0.25) is 0 Å². The van der Waals surface area contributed by atoms with Crippen LogP contribution in [-0.2, 0) is 56.2 Å². The van der Waals surface area contributed by atoms with Gasteiger partial charge in [0, 0.05) is 26.0 Å². The van der Waals surface area contributed by atoms with Crippen LogP contribution in [0.25, 0.3) is 0 Å². The summed E-state index contributed by atoms with van der Waals surface area (Å²) in [6.07, 6.45) is 26.5. The molecule has 404 valence electrons. The van der Waals surface area contributed by atoms with E-state index in [0.29, 0.717) is 12.8 Å². The van der Waals surface area contributed by atoms with Crippen molar-refractivity contribution in [2.75, 3.05) is 31.0 Å². The lowest BCUT2D eigenvalue weighted by Crippen LogP contribution is -2.35. The molecule has 1 amide bonds. The van der Waals surface area contributed by atoms with E-state index in [1.165, 1.54) is 128 Å². The van der Waals surface area contributed by atoms with Gasteiger partial charge in [-0.2, -0.15) is 4.98 Å². The molecule has 0 bridgehead atoms. The molecule has 2 unspecified atom stereocenters. The van der Waals surface area contributed by atoms with Crippen molar-refractivity contribution in [2.24, 2.45) is 0 Å². The molecule has 18 nitrogen and oxygen atoms in total. The second kappa shape index (κ2) is 34.1. The van der Waals surface area contributed by atoms with Crippen molar-refractivity contribution in [2.45, 2.75) is 251 Å². The van der Waals surface area contributed by atoms with E-state index in [0.717, 1.165) is 49.5 Å². The third-order valence-corrected chi connectivity index (χ3v) is 16.5. The summed E-state index contributed by atoms with van der Waals surface area (Å²) < 4.78 is 67.3. The molecule has 1 aromatic rings. The average molecular weight is 1030 g/mol. The number of carbonyl (C=O) groups is 3. The maximum Gasteiger partial charge on any atom is 0.351 e. The molecule has 0 aromatic carbocycles. The van der Waals surface area contributed by atoms with E-state index in [9.17, 15) is 38.1 Å². The zero-order valence-electron chi connectivity index (χ0n) is 43.2. The SMILES string of the molecule is CCCCCCCCCCCCCCCC(=O)OC[C@H](COP(=O)(O)CP(=O)(O)OC[C@H]1O[C@@H](n2ccc(NC(C)=O)nc2=O)[C@@H]2OC(C)(C)O[C@@H]21)OC(=O)CCCCCCCCCCCCCCC. The first-order valence-corrected chi connectivity index (χ1v) is 30.1. The van der Waals surface area contributed by atoms with Gasteiger partial charge in [-0.1, -0.05) is 168 Å². The molecule has 3 rings (SSSR count). The number of anilines is 1. The zero-order chi connectivity index (χ0) is 51.3. The minimum atomic E-state index is -4.89. The smallest absolute Gasteiger partial charge is 0.351 e. The molecule has 0 radical (unpaired) electrons. The van der Waals surface area contributed by atoms with Gasteiger partial charge in [-0.3, -0.25) is 28.1 Å². The monoisotopic (exact) mass is 1030 g/mol. The molecule has 0 spiro atoms. The summed E-state index contributed by atoms with van der Waals surface area (Å²) in [5.74, 6) is -3.92. The molecular formula is C50H89N3O15P2. The van der Waals surface area contributed by atoms with Crippen LogP contribution in [-0.4, -0.2) is 93.1 Å². The summed E-state index contributed by atoms with van der Waals surface area (Å²) in [7, 11) is -9.77. The van der Waals surface area contributed by atoms with Crippen LogP contribution in [0.15, 0.2) is 17.1 Å². The molecule has 1 aromatic heterocycles. The Bertz CT molecular complexity index is 1820. The Morgan fingerprint density at radius 1 is 0.700 bits per heavy atom. The standard InChI is InChI=1S/C50H89N3O15P2/c1-6-8-10-12-14-16-18-20-22-24-26-28-30-32-44(55)62-36-41(65-45(56)33-31-29-27-25-23-21-19-17-15-13-11-9-7-2)37-63-69(58,59)39-70(60,61)64-38-42-46-47(68-50(4,5)67-46)48(66-42)53-35-34-43(51-40(3)54)52-49(53)57/h34-35,41-42,46-48H,6-33,36-39H2,1-5H3,(H,58,59)(H,60,61)(H,51,52,54,57)/t41-,42-,46-,47-,48-/m1/s1. The summed E-state index contributed by atoms with van der Waals surface area (Å²) >= 11 is 0. The number of carbonyl (C=O) groups excluding carboxylic acids is 3. The third-order valence-electron chi connectivity index (χ3n) is 12.5. The van der Waals surface area contributed by atoms with Gasteiger partial charge >= 0.3 is 32.8 Å². The van der Waals surface area contributed by atoms with Crippen molar-refractivity contribution in [1.29, 1.82) is 0 Å². The maximum atomic E-state index is 13.3. The molecule has 0 saturated carbocycles. The van der Waals surface area contributed by atoms with E-state index < -0.39 is 101 Å². The molecule has 7 atom stereocenters. The molecule has 2 aliphatic rings. The van der Waals surface area contributed by atoms with Crippen LogP contribution < -0.4 is 11.0 Å². The molecule has 3 heterocycles. The Morgan fingerprint density at radius 2 is 1.16 bits per heavy atom. The normalized spacial score (nSPS) is 20.6. The third kappa shape index (κ3) is 26.4. The van der Waals surface area contributed by atoms with Crippen LogP contribution in [0.3, 0.4) is 0 Å². The van der Waals surface area contributed by atoms with E-state index >= 15 is 0 Å². The number of hydrogen-bond acceptors (Lipinski definition) is 14. The molecule has 70 heavy (non-hydrogen) atoms. The van der Waals surface area contributed by atoms with Gasteiger partial charge in [-0.15, -0.1) is 0 Å². The summed E-state index contributed by atoms with van der Waals surface area (Å²) in [5, 5.41) is 2.43. The first-order chi connectivity index (χ1) is 33.4. The van der Waals surface area contributed by atoms with E-state index in [1.54, 1.807) is 13.8 Å². The summed E-state index contributed by atoms with van der Waals surface area (Å²) in [4.78, 5) is 75.5. The Morgan fingerprint density at radius 3 is 1.64 bits per heavy atom. The fourth-order valence-electron chi connectivity index (χ4n) is 8.76. The van der Waals surface area contributed by atoms with Gasteiger partial charge in [0.1, 0.15) is 30.7 Å². The van der Waals surface area contributed by atoms with Gasteiger partial charge in [-0.05, 0) is 32.8 Å². The predicted octanol–water partition coefficient (Wildman–Crippen LogP) is 11.4. The number of ether oxygens (including phenoxy) is 5. The van der Waals surface area contributed by atoms with Crippen LogP contribution in [0.4, 0.5) is 5.82 Å². The van der Waals surface area contributed by atoms with Crippen LogP contribution >= 0.6 is 15.2 Å². The predicted molar refractivity (Wildman–Crippen MR) is 268 cm³/mol. The molecule has 2 fully saturated rings. The maximum absolute atomic E-state index is 13.3. The summed E-state index contributed by atoms with van der Waals surface area (Å²) in [6, 6.07) is 1.39. The van der Waals surface area contributed by atoms with Crippen molar-refractivity contribution in [3.63, 3.8) is 0 Å². The van der Waals surface area contributed by atoms with E-state index in [4.69, 9.17) is 32.7 Å². The van der Waals surface area contributed by atoms with Gasteiger partial charge in [0.2, 0.25) is 5.91 Å². The highest BCUT2D eigenvalue weighted by Gasteiger charge is 2.56. The van der Waals surface area contributed by atoms with E-state index in [-0.39, 0.29) is 18.7 Å². The van der Waals surface area contributed by atoms with E-state index in [1.807, 2.05) is 0 Å². The lowest BCUT2D eigenvalue weighted by Gasteiger charge is -2.25. The number of nitrogens with zero attached hydrogens (tertiary/aromatic N) is 2. The number of aromatic nitrogens is 2. The second-order valence-electron chi connectivity index (χ2n) is 19.6. The van der Waals surface area contributed by atoms with Crippen molar-refractivity contribution in [3.8, 4) is 0 Å². The highest BCUT2D eigenvalue weighted by molar-refractivity contribution is 7.70. The lowest BCUT2D eigenvalue weighted by atomic mass is 10.0. The van der Waals surface area contributed by atoms with Gasteiger partial charge in [0.25, 0.3) is 0 Å². The number of amides is 1. The lowest BCUT2D eigenvalue weighted by molar-refractivity contribution is -0.200. The minimum absolute atomic E-state index is 0.0275. The first-order valence-electron chi connectivity index (χ1n) is 26.6. The topological polar surface area (TPSA) is 237 Å². The Kier molecular flexibility index (Phi) is 30.0. The number of nitrogens with one attached hydrogen (secondary N) is 1. The zero-order valence-corrected chi connectivity index (χ0v) is 44.9. The number of fused-ring (bicyclic) bond motifs is 1. The minimum Gasteiger partial charge on any atom is -0.462 e. The van der Waals surface area contributed by atoms with Crippen molar-refractivity contribution < 1.29 is 66.0 Å². The van der Waals surface area contributed by atoms with Crippen molar-refractivity contribution >= 4 is 38.9 Å². The highest BCUT2D eigenvalue weighted by Crippen LogP contribution is 2.59. The molecule has 2 aliphatic heterocycles. The Hall–Kier alpha value is -2.53. The largest absolute Gasteiger partial charge is 0.462 e. The van der Waals surface area contributed by atoms with Crippen LogP contribution in [0.1, 0.15) is 221 Å². The number of unbranched alkanes of at least 4 members (excludes halogenated alkanes) is 24. The fourth-order valence-corrected chi connectivity index (χ4v) is 12.0. The first kappa shape index (κ1) is 61.8. The number of rotatable bonds is 41. The number of esters is 2. The summed E-state index contributed by atoms with van der Waals surface area (Å²) in [5.41, 5.74) is -0.774. The highest BCUT2D eigenvalue weighted by atomic mass is 31.2. The van der Waals surface area contributed by atoms with Crippen molar-refractivity contribution in [3.05, 3.63) is 22.7 Å². The van der Waals surface area contributed by atoms with Gasteiger partial charge in [0.05, 0.1) is 13.2 Å². The van der Waals surface area contributed by atoms with E-state index in [2.05, 4.69) is 24.1 Å². The van der Waals surface area contributed by atoms with Crippen LogP contribution in [0, 0.1) is 0 Å². The Balaban J connectivity index is 1.48. The van der Waals surface area contributed by atoms with Gasteiger partial charge < -0.3 is 47.8 Å². The number of hydrogen-bond donors (Lipinski definition) is 3. The quantitative estimate of drug-likeness (QED) is 0.0314. The van der Waals surface area contributed by atoms with Gasteiger partial charge in [0.15, 0.2) is 24.0 Å². The molecule has 2 saturated heterocycles. The van der Waals surface area contributed by atoms with Crippen molar-refractivity contribution in [1.82, 2.24) is 9.55 Å². The molecule has 0 aliphatic carbocycles. The average Bonchev–Trinajstić information content (AvgIpc) is 3.78. The summed E-state index contributed by atoms with van der Waals surface area (Å²) in [6.45, 7) is 7.29.